The minimum absolute atomic E-state index is 0.661. The molecule has 0 N–H and O–H groups in total. The van der Waals surface area contributed by atoms with Gasteiger partial charge < -0.3 is 4.42 Å². The van der Waals surface area contributed by atoms with E-state index in [1.807, 2.05) is 42.5 Å². The van der Waals surface area contributed by atoms with Crippen molar-refractivity contribution in [3.63, 3.8) is 0 Å². The zero-order valence-corrected chi connectivity index (χ0v) is 28.7. The smallest absolute Gasteiger partial charge is 0.160 e. The van der Waals surface area contributed by atoms with Crippen LogP contribution in [0.15, 0.2) is 180 Å². The first-order chi connectivity index (χ1) is 25.7. The molecule has 244 valence electrons. The third-order valence-corrected chi connectivity index (χ3v) is 10.6. The highest BCUT2D eigenvalue weighted by molar-refractivity contribution is 7.21. The zero-order chi connectivity index (χ0) is 34.4. The summed E-state index contributed by atoms with van der Waals surface area (Å²) in [5, 5.41) is 3.01. The Bertz CT molecular complexity index is 2860. The lowest BCUT2D eigenvalue weighted by atomic mass is 9.98. The molecule has 0 fully saturated rings. The second kappa shape index (κ2) is 12.6. The molecule has 52 heavy (non-hydrogen) atoms. The van der Waals surface area contributed by atoms with E-state index in [-0.39, 0.29) is 0 Å². The van der Waals surface area contributed by atoms with Crippen LogP contribution in [0.3, 0.4) is 0 Å². The number of benzene rings is 7. The number of furan rings is 1. The molecule has 0 aliphatic rings. The molecule has 0 saturated heterocycles. The fourth-order valence-electron chi connectivity index (χ4n) is 7.04. The maximum Gasteiger partial charge on any atom is 0.160 e. The molecule has 3 heterocycles. The van der Waals surface area contributed by atoms with Gasteiger partial charge in [0.25, 0.3) is 0 Å². The summed E-state index contributed by atoms with van der Waals surface area (Å²) < 4.78 is 7.69. The second-order valence-electron chi connectivity index (χ2n) is 12.8. The van der Waals surface area contributed by atoms with Crippen molar-refractivity contribution in [2.45, 2.75) is 0 Å². The summed E-state index contributed by atoms with van der Waals surface area (Å²) in [5.41, 5.74) is 12.9. The number of hydrogen-bond acceptors (Lipinski definition) is 5. The molecule has 0 bridgehead atoms. The molecule has 5 heteroatoms. The Balaban J connectivity index is 1.19. The Kier molecular flexibility index (Phi) is 7.29. The van der Waals surface area contributed by atoms with Crippen molar-refractivity contribution in [3.05, 3.63) is 176 Å². The SMILES string of the molecule is c1ccc(-c2ccc(-c3cc(-c4cccc5oc6cccc(-c7nc8ccccc8s7)c6c45)nc(-c4cccc(-c5ccccc5)c4)n3)cc2)cc1. The highest BCUT2D eigenvalue weighted by Gasteiger charge is 2.20. The van der Waals surface area contributed by atoms with Crippen LogP contribution in [0.1, 0.15) is 0 Å². The Morgan fingerprint density at radius 2 is 0.942 bits per heavy atom. The van der Waals surface area contributed by atoms with E-state index in [1.165, 1.54) is 5.56 Å². The van der Waals surface area contributed by atoms with Crippen molar-refractivity contribution in [2.24, 2.45) is 0 Å². The van der Waals surface area contributed by atoms with E-state index in [2.05, 4.69) is 133 Å². The number of hydrogen-bond donors (Lipinski definition) is 0. The van der Waals surface area contributed by atoms with Crippen LogP contribution in [0.4, 0.5) is 0 Å². The van der Waals surface area contributed by atoms with Gasteiger partial charge in [-0.1, -0.05) is 140 Å². The van der Waals surface area contributed by atoms with Crippen LogP contribution in [0.25, 0.3) is 98.9 Å². The normalized spacial score (nSPS) is 11.5. The van der Waals surface area contributed by atoms with Gasteiger partial charge in [-0.05, 0) is 58.7 Å². The molecule has 0 spiro atoms. The van der Waals surface area contributed by atoms with Gasteiger partial charge in [0.1, 0.15) is 16.2 Å². The Morgan fingerprint density at radius 1 is 0.385 bits per heavy atom. The van der Waals surface area contributed by atoms with Gasteiger partial charge in [-0.15, -0.1) is 11.3 Å². The van der Waals surface area contributed by atoms with E-state index in [1.54, 1.807) is 11.3 Å². The average molecular weight is 684 g/mol. The van der Waals surface area contributed by atoms with Gasteiger partial charge in [-0.25, -0.2) is 15.0 Å². The third-order valence-electron chi connectivity index (χ3n) is 9.56. The average Bonchev–Trinajstić information content (AvgIpc) is 3.84. The van der Waals surface area contributed by atoms with Crippen molar-refractivity contribution < 1.29 is 4.42 Å². The van der Waals surface area contributed by atoms with Crippen LogP contribution in [-0.2, 0) is 0 Å². The van der Waals surface area contributed by atoms with Crippen molar-refractivity contribution in [2.75, 3.05) is 0 Å². The zero-order valence-electron chi connectivity index (χ0n) is 27.9. The topological polar surface area (TPSA) is 51.8 Å². The van der Waals surface area contributed by atoms with Gasteiger partial charge in [0.15, 0.2) is 5.82 Å². The minimum atomic E-state index is 0.661. The predicted molar refractivity (Wildman–Crippen MR) is 215 cm³/mol. The molecule has 0 radical (unpaired) electrons. The standard InChI is InChI=1S/C47H29N3OS/c1-3-12-30(13-4-1)32-24-26-33(27-25-32)39-29-40(49-46(48-39)35-17-9-16-34(28-35)31-14-5-2-6-15-31)36-18-10-21-41-44(36)45-37(19-11-22-42(45)51-41)47-50-38-20-7-8-23-43(38)52-47/h1-29H. The van der Waals surface area contributed by atoms with Crippen LogP contribution in [0, 0.1) is 0 Å². The van der Waals surface area contributed by atoms with Gasteiger partial charge in [-0.2, -0.15) is 0 Å². The van der Waals surface area contributed by atoms with E-state index >= 15 is 0 Å². The van der Waals surface area contributed by atoms with Gasteiger partial charge in [0, 0.05) is 33.0 Å². The summed E-state index contributed by atoms with van der Waals surface area (Å²) in [5.74, 6) is 0.661. The lowest BCUT2D eigenvalue weighted by molar-refractivity contribution is 0.669. The highest BCUT2D eigenvalue weighted by atomic mass is 32.1. The molecular formula is C47H29N3OS. The Hall–Kier alpha value is -6.69. The molecule has 0 aliphatic heterocycles. The molecule has 4 nitrogen and oxygen atoms in total. The predicted octanol–water partition coefficient (Wildman–Crippen LogP) is 13.0. The van der Waals surface area contributed by atoms with Crippen molar-refractivity contribution in [1.29, 1.82) is 0 Å². The second-order valence-corrected chi connectivity index (χ2v) is 13.8. The summed E-state index contributed by atoms with van der Waals surface area (Å²) in [6.45, 7) is 0. The summed E-state index contributed by atoms with van der Waals surface area (Å²) in [6.07, 6.45) is 0. The number of thiazole rings is 1. The molecule has 0 atom stereocenters. The first-order valence-electron chi connectivity index (χ1n) is 17.3. The number of nitrogens with zero attached hydrogens (tertiary/aromatic N) is 3. The Morgan fingerprint density at radius 3 is 1.69 bits per heavy atom. The number of para-hydroxylation sites is 1. The van der Waals surface area contributed by atoms with Gasteiger partial charge in [0.05, 0.1) is 21.6 Å². The first-order valence-corrected chi connectivity index (χ1v) is 18.1. The quantitative estimate of drug-likeness (QED) is 0.175. The van der Waals surface area contributed by atoms with E-state index in [0.29, 0.717) is 5.82 Å². The molecular weight excluding hydrogens is 655 g/mol. The molecule has 10 aromatic rings. The largest absolute Gasteiger partial charge is 0.456 e. The minimum Gasteiger partial charge on any atom is -0.456 e. The van der Waals surface area contributed by atoms with Crippen molar-refractivity contribution in [3.8, 4) is 66.7 Å². The monoisotopic (exact) mass is 683 g/mol. The van der Waals surface area contributed by atoms with Gasteiger partial charge in [-0.3, -0.25) is 0 Å². The molecule has 0 amide bonds. The van der Waals surface area contributed by atoms with Crippen LogP contribution in [0.5, 0.6) is 0 Å². The molecule has 10 rings (SSSR count). The first kappa shape index (κ1) is 30.2. The molecule has 3 aromatic heterocycles. The third kappa shape index (κ3) is 5.36. The van der Waals surface area contributed by atoms with Gasteiger partial charge in [0.2, 0.25) is 0 Å². The van der Waals surface area contributed by atoms with E-state index in [0.717, 1.165) is 87.5 Å². The molecule has 0 unspecified atom stereocenters. The lowest BCUT2D eigenvalue weighted by Crippen LogP contribution is -1.96. The number of rotatable bonds is 6. The summed E-state index contributed by atoms with van der Waals surface area (Å²) in [6, 6.07) is 60.8. The van der Waals surface area contributed by atoms with E-state index in [4.69, 9.17) is 19.4 Å². The fraction of sp³-hybridized carbons (Fsp3) is 0. The van der Waals surface area contributed by atoms with Crippen LogP contribution >= 0.6 is 11.3 Å². The molecule has 0 saturated carbocycles. The molecule has 7 aromatic carbocycles. The Labute approximate surface area is 304 Å². The van der Waals surface area contributed by atoms with Gasteiger partial charge >= 0.3 is 0 Å². The maximum atomic E-state index is 6.53. The van der Waals surface area contributed by atoms with Crippen LogP contribution in [-0.4, -0.2) is 15.0 Å². The summed E-state index contributed by atoms with van der Waals surface area (Å²) >= 11 is 1.70. The number of aromatic nitrogens is 3. The van der Waals surface area contributed by atoms with E-state index in [9.17, 15) is 0 Å². The van der Waals surface area contributed by atoms with Crippen molar-refractivity contribution in [1.82, 2.24) is 15.0 Å². The fourth-order valence-corrected chi connectivity index (χ4v) is 8.04. The lowest BCUT2D eigenvalue weighted by Gasteiger charge is -2.12. The molecule has 0 aliphatic carbocycles. The van der Waals surface area contributed by atoms with Crippen LogP contribution in [0.2, 0.25) is 0 Å². The summed E-state index contributed by atoms with van der Waals surface area (Å²) in [7, 11) is 0. The number of fused-ring (bicyclic) bond motifs is 4. The summed E-state index contributed by atoms with van der Waals surface area (Å²) in [4.78, 5) is 15.6. The highest BCUT2D eigenvalue weighted by Crippen LogP contribution is 2.43. The maximum absolute atomic E-state index is 6.53. The van der Waals surface area contributed by atoms with Crippen LogP contribution < -0.4 is 0 Å². The van der Waals surface area contributed by atoms with E-state index < -0.39 is 0 Å². The van der Waals surface area contributed by atoms with Crippen molar-refractivity contribution >= 4 is 43.5 Å².